The number of hydrogen-bond donors (Lipinski definition) is 0. The summed E-state index contributed by atoms with van der Waals surface area (Å²) in [5.41, 5.74) is 2.62. The molecule has 2 aromatic rings. The number of fused-ring (bicyclic) bond motifs is 1. The maximum Gasteiger partial charge on any atom is 0.265 e. The van der Waals surface area contributed by atoms with Gasteiger partial charge in [0.25, 0.3) is 5.91 Å². The number of carbonyl (C=O) groups excluding carboxylic acids is 1. The molecule has 0 radical (unpaired) electrons. The number of sulfone groups is 1. The maximum absolute atomic E-state index is 12.3. The molecular formula is C18H19NO4S. The molecule has 0 saturated carbocycles. The van der Waals surface area contributed by atoms with E-state index in [2.05, 4.69) is 0 Å². The molecule has 0 saturated heterocycles. The van der Waals surface area contributed by atoms with E-state index in [-0.39, 0.29) is 23.2 Å². The highest BCUT2D eigenvalue weighted by Crippen LogP contribution is 2.35. The standard InChI is InChI=1S/C18H19NO4S/c1-3-24(21,22)15-8-9-17-16(10-15)19(18(20)12-23-17)11-14-6-4-13(2)5-7-14/h4-10H,3,11-12H2,1-2H3. The summed E-state index contributed by atoms with van der Waals surface area (Å²) in [7, 11) is -3.34. The van der Waals surface area contributed by atoms with Crippen molar-refractivity contribution in [2.75, 3.05) is 17.3 Å². The predicted octanol–water partition coefficient (Wildman–Crippen LogP) is 2.71. The topological polar surface area (TPSA) is 63.7 Å². The van der Waals surface area contributed by atoms with E-state index in [9.17, 15) is 13.2 Å². The Hall–Kier alpha value is -2.34. The molecule has 1 aliphatic rings. The van der Waals surface area contributed by atoms with E-state index < -0.39 is 9.84 Å². The molecule has 6 heteroatoms. The fourth-order valence-electron chi connectivity index (χ4n) is 2.59. The van der Waals surface area contributed by atoms with Crippen molar-refractivity contribution in [2.24, 2.45) is 0 Å². The minimum absolute atomic E-state index is 0.0125. The first-order chi connectivity index (χ1) is 11.4. The van der Waals surface area contributed by atoms with Crippen LogP contribution < -0.4 is 9.64 Å². The fourth-order valence-corrected chi connectivity index (χ4v) is 3.49. The fraction of sp³-hybridized carbons (Fsp3) is 0.278. The van der Waals surface area contributed by atoms with Crippen molar-refractivity contribution < 1.29 is 17.9 Å². The summed E-state index contributed by atoms with van der Waals surface area (Å²) in [6, 6.07) is 12.6. The highest BCUT2D eigenvalue weighted by molar-refractivity contribution is 7.91. The van der Waals surface area contributed by atoms with Gasteiger partial charge < -0.3 is 9.64 Å². The van der Waals surface area contributed by atoms with Gasteiger partial charge in [-0.3, -0.25) is 4.79 Å². The Balaban J connectivity index is 2.01. The number of benzene rings is 2. The average Bonchev–Trinajstić information content (AvgIpc) is 2.58. The minimum atomic E-state index is -3.34. The molecule has 24 heavy (non-hydrogen) atoms. The molecule has 5 nitrogen and oxygen atoms in total. The number of carbonyl (C=O) groups is 1. The van der Waals surface area contributed by atoms with Crippen molar-refractivity contribution in [2.45, 2.75) is 25.3 Å². The molecule has 0 fully saturated rings. The van der Waals surface area contributed by atoms with Crippen LogP contribution in [0.3, 0.4) is 0 Å². The smallest absolute Gasteiger partial charge is 0.265 e. The summed E-state index contributed by atoms with van der Waals surface area (Å²) in [6.45, 7) is 3.94. The largest absolute Gasteiger partial charge is 0.482 e. The van der Waals surface area contributed by atoms with E-state index in [1.54, 1.807) is 17.9 Å². The summed E-state index contributed by atoms with van der Waals surface area (Å²) >= 11 is 0. The van der Waals surface area contributed by atoms with Crippen molar-refractivity contribution in [1.82, 2.24) is 0 Å². The maximum atomic E-state index is 12.3. The summed E-state index contributed by atoms with van der Waals surface area (Å²) in [6.07, 6.45) is 0. The molecule has 0 N–H and O–H groups in total. The van der Waals surface area contributed by atoms with E-state index >= 15 is 0 Å². The van der Waals surface area contributed by atoms with Crippen LogP contribution in [0.5, 0.6) is 5.75 Å². The van der Waals surface area contributed by atoms with E-state index in [0.717, 1.165) is 11.1 Å². The summed E-state index contributed by atoms with van der Waals surface area (Å²) in [5.74, 6) is 0.351. The predicted molar refractivity (Wildman–Crippen MR) is 92.0 cm³/mol. The number of rotatable bonds is 4. The highest BCUT2D eigenvalue weighted by atomic mass is 32.2. The van der Waals surface area contributed by atoms with Crippen LogP contribution in [0.2, 0.25) is 0 Å². The van der Waals surface area contributed by atoms with Crippen molar-refractivity contribution in [3.63, 3.8) is 0 Å². The Morgan fingerprint density at radius 2 is 1.83 bits per heavy atom. The third kappa shape index (κ3) is 3.14. The van der Waals surface area contributed by atoms with Crippen LogP contribution >= 0.6 is 0 Å². The third-order valence-corrected chi connectivity index (χ3v) is 5.81. The third-order valence-electron chi connectivity index (χ3n) is 4.07. The Morgan fingerprint density at radius 1 is 1.12 bits per heavy atom. The molecule has 126 valence electrons. The Bertz CT molecular complexity index is 872. The molecule has 0 bridgehead atoms. The summed E-state index contributed by atoms with van der Waals surface area (Å²) in [4.78, 5) is 14.1. The quantitative estimate of drug-likeness (QED) is 0.855. The van der Waals surface area contributed by atoms with Gasteiger partial charge in [0.05, 0.1) is 22.9 Å². The lowest BCUT2D eigenvalue weighted by Gasteiger charge is -2.30. The number of ether oxygens (including phenoxy) is 1. The Kier molecular flexibility index (Phi) is 4.32. The number of hydrogen-bond acceptors (Lipinski definition) is 4. The van der Waals surface area contributed by atoms with Crippen molar-refractivity contribution >= 4 is 21.4 Å². The van der Waals surface area contributed by atoms with E-state index in [4.69, 9.17) is 4.74 Å². The first kappa shape index (κ1) is 16.5. The molecule has 0 aliphatic carbocycles. The lowest BCUT2D eigenvalue weighted by molar-refractivity contribution is -0.121. The molecule has 1 heterocycles. The van der Waals surface area contributed by atoms with Gasteiger partial charge in [-0.05, 0) is 30.7 Å². The first-order valence-corrected chi connectivity index (χ1v) is 9.41. The van der Waals surface area contributed by atoms with Crippen molar-refractivity contribution in [1.29, 1.82) is 0 Å². The molecule has 0 atom stereocenters. The first-order valence-electron chi connectivity index (χ1n) is 7.76. The van der Waals surface area contributed by atoms with Crippen LogP contribution in [0, 0.1) is 6.92 Å². The molecule has 1 amide bonds. The monoisotopic (exact) mass is 345 g/mol. The van der Waals surface area contributed by atoms with Gasteiger partial charge in [0.2, 0.25) is 0 Å². The second-order valence-electron chi connectivity index (χ2n) is 5.79. The summed E-state index contributed by atoms with van der Waals surface area (Å²) < 4.78 is 29.7. The Labute approximate surface area is 141 Å². The van der Waals surface area contributed by atoms with E-state index in [1.165, 1.54) is 12.1 Å². The molecule has 2 aromatic carbocycles. The van der Waals surface area contributed by atoms with Crippen LogP contribution in [0.4, 0.5) is 5.69 Å². The van der Waals surface area contributed by atoms with Crippen LogP contribution in [-0.4, -0.2) is 26.7 Å². The van der Waals surface area contributed by atoms with Crippen LogP contribution in [0.1, 0.15) is 18.1 Å². The van der Waals surface area contributed by atoms with Gasteiger partial charge in [-0.25, -0.2) is 8.42 Å². The van der Waals surface area contributed by atoms with Gasteiger partial charge in [0, 0.05) is 0 Å². The van der Waals surface area contributed by atoms with E-state index in [0.29, 0.717) is 18.0 Å². The van der Waals surface area contributed by atoms with E-state index in [1.807, 2.05) is 31.2 Å². The zero-order valence-corrected chi connectivity index (χ0v) is 14.5. The molecule has 1 aliphatic heterocycles. The Morgan fingerprint density at radius 3 is 2.50 bits per heavy atom. The normalized spacial score (nSPS) is 14.2. The number of nitrogens with zero attached hydrogens (tertiary/aromatic N) is 1. The van der Waals surface area contributed by atoms with Crippen LogP contribution in [-0.2, 0) is 21.2 Å². The number of anilines is 1. The summed E-state index contributed by atoms with van der Waals surface area (Å²) in [5, 5.41) is 0. The second-order valence-corrected chi connectivity index (χ2v) is 8.07. The molecule has 0 spiro atoms. The van der Waals surface area contributed by atoms with Gasteiger partial charge in [0.15, 0.2) is 16.4 Å². The lowest BCUT2D eigenvalue weighted by Crippen LogP contribution is -2.38. The van der Waals surface area contributed by atoms with Gasteiger partial charge in [-0.1, -0.05) is 36.8 Å². The lowest BCUT2D eigenvalue weighted by atomic mass is 10.1. The van der Waals surface area contributed by atoms with Gasteiger partial charge >= 0.3 is 0 Å². The van der Waals surface area contributed by atoms with Gasteiger partial charge in [0.1, 0.15) is 5.75 Å². The van der Waals surface area contributed by atoms with Crippen LogP contribution in [0.15, 0.2) is 47.4 Å². The van der Waals surface area contributed by atoms with Crippen molar-refractivity contribution in [3.05, 3.63) is 53.6 Å². The number of aryl methyl sites for hydroxylation is 1. The zero-order chi connectivity index (χ0) is 17.3. The average molecular weight is 345 g/mol. The SMILES string of the molecule is CCS(=O)(=O)c1ccc2c(c1)N(Cc1ccc(C)cc1)C(=O)CO2. The molecular weight excluding hydrogens is 326 g/mol. The molecule has 0 aromatic heterocycles. The van der Waals surface area contributed by atoms with Gasteiger partial charge in [-0.15, -0.1) is 0 Å². The number of amides is 1. The van der Waals surface area contributed by atoms with Gasteiger partial charge in [-0.2, -0.15) is 0 Å². The minimum Gasteiger partial charge on any atom is -0.482 e. The molecule has 0 unspecified atom stereocenters. The molecule has 3 rings (SSSR count). The second kappa shape index (κ2) is 6.28. The van der Waals surface area contributed by atoms with Crippen molar-refractivity contribution in [3.8, 4) is 5.75 Å². The zero-order valence-electron chi connectivity index (χ0n) is 13.7. The van der Waals surface area contributed by atoms with Crippen LogP contribution in [0.25, 0.3) is 0 Å². The highest BCUT2D eigenvalue weighted by Gasteiger charge is 2.27.